The Morgan fingerprint density at radius 1 is 0.320 bits per heavy atom. The second kappa shape index (κ2) is 55.3. The van der Waals surface area contributed by atoms with E-state index in [2.05, 4.69) is 72.1 Å². The molecule has 9 aromatic carbocycles. The molecule has 9 aromatic rings. The van der Waals surface area contributed by atoms with E-state index >= 15 is 0 Å². The summed E-state index contributed by atoms with van der Waals surface area (Å²) >= 11 is 0. The minimum Gasteiger partial charge on any atom is -0.508 e. The van der Waals surface area contributed by atoms with Gasteiger partial charge in [0.15, 0.2) is 6.29 Å². The minimum absolute atomic E-state index is 0.0422. The number of phenolic OH excluding ortho intramolecular Hbond substituents is 5. The van der Waals surface area contributed by atoms with E-state index in [0.717, 1.165) is 80.6 Å². The first-order chi connectivity index (χ1) is 48.2. The Bertz CT molecular complexity index is 3820. The number of nitrogens with zero attached hydrogens (tertiary/aromatic N) is 4. The molecule has 0 aliphatic heterocycles. The summed E-state index contributed by atoms with van der Waals surface area (Å²) in [5, 5.41) is 58.1. The van der Waals surface area contributed by atoms with E-state index in [0.29, 0.717) is 36.4 Å². The van der Waals surface area contributed by atoms with Gasteiger partial charge in [-0.25, -0.2) is 0 Å². The number of phenols is 5. The molecular formula is C81H109N9O10. The fourth-order valence-corrected chi connectivity index (χ4v) is 8.60. The standard InChI is InChI=1S/C10H15NO.C10H13NO.C9H13NO.C9H11NO.C9H13NO.C9H11NO.C8H11NO.C8H9NO.C8H8O2.CH5N/c2*1-8-4-5-10(12-3)9(6-8)7-11-2;2*1-7-3-4-9(11)8(5-7)6-10-2;2*1-10-7-8-5-3-4-6-9(8)11-2;2*1-9-6-7-4-2-3-5-8(7)10;1-6-2-3-8(10)7(4-6)5-9;1-2/h4-6,11H,7H2,1-3H3;4-7H,1-3H3;3-5,10-11H,6H2,1-2H3;3-6,11H,1-2H3;3-6,10H,7H2,1-2H3;3-7H,1-2H3;2-5,9-10H,6H2,1H3;2-6,10H,1H3;2-5,10H,1H3;2H2,1H3. The number of benzene rings is 9. The highest BCUT2D eigenvalue weighted by Gasteiger charge is 2.04. The monoisotopic (exact) mass is 1370 g/mol. The van der Waals surface area contributed by atoms with Crippen molar-refractivity contribution >= 4 is 31.1 Å². The van der Waals surface area contributed by atoms with Crippen LogP contribution in [0.5, 0.6) is 51.7 Å². The molecule has 538 valence electrons. The minimum atomic E-state index is 0.0422. The molecule has 0 aliphatic rings. The zero-order valence-electron chi connectivity index (χ0n) is 61.8. The first kappa shape index (κ1) is 89.3. The van der Waals surface area contributed by atoms with Crippen molar-refractivity contribution in [3.05, 3.63) is 266 Å². The zero-order chi connectivity index (χ0) is 75.0. The number of aldehydes is 1. The average Bonchev–Trinajstić information content (AvgIpc) is 1.05. The highest BCUT2D eigenvalue weighted by atomic mass is 16.5. The van der Waals surface area contributed by atoms with Crippen LogP contribution < -0.4 is 45.9 Å². The predicted molar refractivity (Wildman–Crippen MR) is 417 cm³/mol. The van der Waals surface area contributed by atoms with Crippen LogP contribution in [0, 0.1) is 34.6 Å². The van der Waals surface area contributed by atoms with Crippen LogP contribution in [-0.4, -0.2) is 149 Å². The van der Waals surface area contributed by atoms with Crippen molar-refractivity contribution in [1.82, 2.24) is 21.3 Å². The molecular weight excluding hydrogens is 1260 g/mol. The summed E-state index contributed by atoms with van der Waals surface area (Å²) in [6, 6.07) is 58.3. The molecule has 0 amide bonds. The number of methoxy groups -OCH3 is 4. The molecule has 0 fully saturated rings. The van der Waals surface area contributed by atoms with Gasteiger partial charge in [0.2, 0.25) is 0 Å². The Hall–Kier alpha value is -10.7. The molecule has 0 bridgehead atoms. The van der Waals surface area contributed by atoms with Gasteiger partial charge in [-0.05, 0) is 155 Å². The quantitative estimate of drug-likeness (QED) is 0.0300. The maximum absolute atomic E-state index is 10.2. The second-order valence-corrected chi connectivity index (χ2v) is 21.3. The molecule has 100 heavy (non-hydrogen) atoms. The summed E-state index contributed by atoms with van der Waals surface area (Å²) in [7, 11) is 22.6. The summed E-state index contributed by atoms with van der Waals surface area (Å²) in [6.45, 7) is 13.1. The van der Waals surface area contributed by atoms with E-state index in [4.69, 9.17) is 29.2 Å². The SMILES string of the molecule is CN.CN=Cc1cc(C)ccc1O.CN=Cc1cc(C)ccc1OC.CN=Cc1ccccc1O.CN=Cc1ccccc1OC.CNCc1cc(C)ccc1O.CNCc1cc(C)ccc1OC.CNCc1ccccc1O.CNCc1ccccc1OC.Cc1ccc(O)c(C=O)c1. The molecule has 9 rings (SSSR count). The molecule has 11 N–H and O–H groups in total. The van der Waals surface area contributed by atoms with Gasteiger partial charge in [-0.15, -0.1) is 0 Å². The topological polar surface area (TPSA) is 279 Å². The molecule has 0 aliphatic carbocycles. The maximum Gasteiger partial charge on any atom is 0.153 e. The largest absolute Gasteiger partial charge is 0.508 e. The Morgan fingerprint density at radius 2 is 0.620 bits per heavy atom. The van der Waals surface area contributed by atoms with Gasteiger partial charge in [-0.1, -0.05) is 131 Å². The number of aliphatic imine (C=N–C) groups is 4. The summed E-state index contributed by atoms with van der Waals surface area (Å²) in [4.78, 5) is 25.7. The van der Waals surface area contributed by atoms with Gasteiger partial charge in [0.25, 0.3) is 0 Å². The highest BCUT2D eigenvalue weighted by molar-refractivity contribution is 5.85. The molecule has 0 atom stereocenters. The van der Waals surface area contributed by atoms with Gasteiger partial charge in [-0.3, -0.25) is 24.8 Å². The fourth-order valence-electron chi connectivity index (χ4n) is 8.60. The van der Waals surface area contributed by atoms with Gasteiger partial charge in [0.05, 0.1) is 34.0 Å². The lowest BCUT2D eigenvalue weighted by Gasteiger charge is -2.08. The third-order valence-electron chi connectivity index (χ3n) is 13.4. The number of carbonyl (C=O) groups is 1. The lowest BCUT2D eigenvalue weighted by atomic mass is 10.1. The molecule has 0 spiro atoms. The first-order valence-electron chi connectivity index (χ1n) is 32.0. The van der Waals surface area contributed by atoms with Crippen LogP contribution in [0.3, 0.4) is 0 Å². The van der Waals surface area contributed by atoms with E-state index in [1.165, 1.54) is 40.9 Å². The molecule has 0 unspecified atom stereocenters. The normalized spacial score (nSPS) is 9.95. The van der Waals surface area contributed by atoms with Gasteiger partial charge in [-0.2, -0.15) is 0 Å². The van der Waals surface area contributed by atoms with E-state index in [1.807, 2.05) is 177 Å². The van der Waals surface area contributed by atoms with Crippen LogP contribution in [0.1, 0.15) is 82.7 Å². The number of para-hydroxylation sites is 4. The molecule has 19 nitrogen and oxygen atoms in total. The molecule has 0 aromatic heterocycles. The van der Waals surface area contributed by atoms with Crippen LogP contribution in [0.2, 0.25) is 0 Å². The number of carbonyl (C=O) groups excluding carboxylic acids is 1. The number of hydrogen-bond donors (Lipinski definition) is 10. The third kappa shape index (κ3) is 37.2. The van der Waals surface area contributed by atoms with Gasteiger partial charge in [0.1, 0.15) is 51.7 Å². The number of hydrogen-bond acceptors (Lipinski definition) is 19. The smallest absolute Gasteiger partial charge is 0.153 e. The lowest BCUT2D eigenvalue weighted by Crippen LogP contribution is -2.06. The van der Waals surface area contributed by atoms with Crippen molar-refractivity contribution < 1.29 is 49.3 Å². The van der Waals surface area contributed by atoms with Crippen LogP contribution in [0.15, 0.2) is 208 Å². The van der Waals surface area contributed by atoms with Crippen molar-refractivity contribution in [1.29, 1.82) is 0 Å². The lowest BCUT2D eigenvalue weighted by molar-refractivity contribution is 0.112. The van der Waals surface area contributed by atoms with Crippen molar-refractivity contribution in [3.63, 3.8) is 0 Å². The van der Waals surface area contributed by atoms with E-state index in [9.17, 15) is 20.1 Å². The number of rotatable bonds is 17. The summed E-state index contributed by atoms with van der Waals surface area (Å²) in [5.41, 5.74) is 18.4. The van der Waals surface area contributed by atoms with E-state index in [1.54, 1.807) is 124 Å². The fraction of sp³-hybridized carbons (Fsp3) is 0.272. The maximum atomic E-state index is 10.2. The van der Waals surface area contributed by atoms with Gasteiger partial charge < -0.3 is 71.5 Å². The van der Waals surface area contributed by atoms with E-state index < -0.39 is 0 Å². The third-order valence-corrected chi connectivity index (χ3v) is 13.4. The van der Waals surface area contributed by atoms with Crippen molar-refractivity contribution in [3.8, 4) is 51.7 Å². The molecule has 0 heterocycles. The summed E-state index contributed by atoms with van der Waals surface area (Å²) < 4.78 is 20.6. The Kier molecular flexibility index (Phi) is 49.4. The average molecular weight is 1370 g/mol. The molecule has 19 heteroatoms. The van der Waals surface area contributed by atoms with E-state index in [-0.39, 0.29) is 17.2 Å². The number of nitrogens with one attached hydrogen (secondary N) is 4. The van der Waals surface area contributed by atoms with Crippen LogP contribution in [0.4, 0.5) is 0 Å². The summed E-state index contributed by atoms with van der Waals surface area (Å²) in [6.07, 6.45) is 7.48. The van der Waals surface area contributed by atoms with Gasteiger partial charge >= 0.3 is 0 Å². The first-order valence-corrected chi connectivity index (χ1v) is 32.0. The van der Waals surface area contributed by atoms with Crippen LogP contribution >= 0.6 is 0 Å². The Morgan fingerprint density at radius 3 is 1.10 bits per heavy atom. The molecule has 0 radical (unpaired) electrons. The number of nitrogens with two attached hydrogens (primary N) is 1. The Balaban J connectivity index is 0.00000110. The number of ether oxygens (including phenoxy) is 4. The molecule has 0 saturated heterocycles. The summed E-state index contributed by atoms with van der Waals surface area (Å²) in [5.74, 6) is 4.94. The van der Waals surface area contributed by atoms with Crippen LogP contribution in [0.25, 0.3) is 0 Å². The van der Waals surface area contributed by atoms with Gasteiger partial charge in [0, 0.05) is 124 Å². The predicted octanol–water partition coefficient (Wildman–Crippen LogP) is 13.7. The molecule has 0 saturated carbocycles. The number of aryl methyl sites for hydroxylation is 5. The van der Waals surface area contributed by atoms with Crippen LogP contribution in [-0.2, 0) is 26.2 Å². The van der Waals surface area contributed by atoms with Crippen molar-refractivity contribution in [2.75, 3.05) is 91.9 Å². The Labute approximate surface area is 595 Å². The second-order valence-electron chi connectivity index (χ2n) is 21.3. The van der Waals surface area contributed by atoms with Crippen molar-refractivity contribution in [2.24, 2.45) is 25.7 Å². The zero-order valence-corrected chi connectivity index (χ0v) is 61.8. The highest BCUT2D eigenvalue weighted by Crippen LogP contribution is 2.22. The number of aromatic hydroxyl groups is 5. The van der Waals surface area contributed by atoms with Crippen molar-refractivity contribution in [2.45, 2.75) is 60.8 Å².